The maximum atomic E-state index is 12.5. The van der Waals surface area contributed by atoms with Crippen LogP contribution in [0.1, 0.15) is 45.2 Å². The predicted molar refractivity (Wildman–Crippen MR) is 120 cm³/mol. The van der Waals surface area contributed by atoms with Gasteiger partial charge >= 0.3 is 0 Å². The molecule has 0 bridgehead atoms. The van der Waals surface area contributed by atoms with E-state index in [0.29, 0.717) is 12.3 Å². The Morgan fingerprint density at radius 1 is 1.03 bits per heavy atom. The highest BCUT2D eigenvalue weighted by Gasteiger charge is 2.29. The Hall–Kier alpha value is -2.66. The van der Waals surface area contributed by atoms with Crippen LogP contribution in [0.3, 0.4) is 0 Å². The molecule has 1 heterocycles. The fourth-order valence-electron chi connectivity index (χ4n) is 2.91. The third-order valence-electron chi connectivity index (χ3n) is 4.81. The first-order valence-corrected chi connectivity index (χ1v) is 10.3. The molecule has 0 aliphatic carbocycles. The average molecular weight is 396 g/mol. The summed E-state index contributed by atoms with van der Waals surface area (Å²) in [4.78, 5) is 18.9. The zero-order chi connectivity index (χ0) is 21.1. The lowest BCUT2D eigenvalue weighted by Crippen LogP contribution is -2.47. The lowest BCUT2D eigenvalue weighted by atomic mass is 10.1. The quantitative estimate of drug-likeness (QED) is 0.578. The van der Waals surface area contributed by atoms with Crippen molar-refractivity contribution in [3.63, 3.8) is 0 Å². The van der Waals surface area contributed by atoms with Crippen molar-refractivity contribution >= 4 is 18.1 Å². The largest absolute Gasteiger partial charge is 0.478 e. The maximum absolute atomic E-state index is 12.5. The van der Waals surface area contributed by atoms with E-state index in [2.05, 4.69) is 29.0 Å². The van der Waals surface area contributed by atoms with Gasteiger partial charge in [0.05, 0.1) is 0 Å². The van der Waals surface area contributed by atoms with Crippen molar-refractivity contribution in [1.82, 2.24) is 15.2 Å². The van der Waals surface area contributed by atoms with Crippen LogP contribution in [0.5, 0.6) is 5.75 Å². The molecule has 0 aliphatic heterocycles. The summed E-state index contributed by atoms with van der Waals surface area (Å²) in [6.07, 6.45) is 8.54. The summed E-state index contributed by atoms with van der Waals surface area (Å²) in [7, 11) is 0. The standard InChI is InChI=1S/C24H33N3O2/c1-5-27(6-2)19-7-16-26-23(28)24(3,4)29-22-12-10-20(11-13-22)8-9-21-14-17-25-18-15-21/h8-15,17-18H,5-7,16,19H2,1-4H3,(H,26,28)/b9-8+. The molecule has 1 aromatic heterocycles. The minimum Gasteiger partial charge on any atom is -0.478 e. The predicted octanol–water partition coefficient (Wildman–Crippen LogP) is 4.26. The second kappa shape index (κ2) is 11.4. The van der Waals surface area contributed by atoms with Gasteiger partial charge in [0.2, 0.25) is 0 Å². The zero-order valence-electron chi connectivity index (χ0n) is 18.0. The molecule has 0 atom stereocenters. The lowest BCUT2D eigenvalue weighted by Gasteiger charge is -2.26. The average Bonchev–Trinajstić information content (AvgIpc) is 2.73. The van der Waals surface area contributed by atoms with Crippen molar-refractivity contribution in [1.29, 1.82) is 0 Å². The van der Waals surface area contributed by atoms with Crippen LogP contribution in [0.4, 0.5) is 0 Å². The molecule has 2 aromatic rings. The second-order valence-corrected chi connectivity index (χ2v) is 7.43. The van der Waals surface area contributed by atoms with Crippen molar-refractivity contribution in [2.24, 2.45) is 0 Å². The summed E-state index contributed by atoms with van der Waals surface area (Å²) in [5.74, 6) is 0.577. The first-order chi connectivity index (χ1) is 13.9. The molecule has 0 aliphatic rings. The summed E-state index contributed by atoms with van der Waals surface area (Å²) in [5.41, 5.74) is 1.23. The maximum Gasteiger partial charge on any atom is 0.263 e. The van der Waals surface area contributed by atoms with Gasteiger partial charge in [-0.05, 0) is 75.3 Å². The fourth-order valence-corrected chi connectivity index (χ4v) is 2.91. The Labute approximate surface area is 174 Å². The van der Waals surface area contributed by atoms with E-state index in [1.54, 1.807) is 26.2 Å². The summed E-state index contributed by atoms with van der Waals surface area (Å²) < 4.78 is 5.95. The Bertz CT molecular complexity index is 766. The van der Waals surface area contributed by atoms with Crippen LogP contribution in [0.2, 0.25) is 0 Å². The Balaban J connectivity index is 1.84. The molecule has 1 aromatic carbocycles. The van der Waals surface area contributed by atoms with E-state index in [0.717, 1.165) is 37.2 Å². The number of rotatable bonds is 11. The molecular weight excluding hydrogens is 362 g/mol. The van der Waals surface area contributed by atoms with Gasteiger partial charge in [0.1, 0.15) is 5.75 Å². The fraction of sp³-hybridized carbons (Fsp3) is 0.417. The normalized spacial score (nSPS) is 11.8. The zero-order valence-corrected chi connectivity index (χ0v) is 18.0. The summed E-state index contributed by atoms with van der Waals surface area (Å²) >= 11 is 0. The molecule has 1 amide bonds. The van der Waals surface area contributed by atoms with Crippen molar-refractivity contribution in [3.05, 3.63) is 59.9 Å². The highest BCUT2D eigenvalue weighted by molar-refractivity contribution is 5.84. The number of aromatic nitrogens is 1. The molecule has 0 saturated carbocycles. The summed E-state index contributed by atoms with van der Waals surface area (Å²) in [6.45, 7) is 11.6. The molecule has 0 unspecified atom stereocenters. The smallest absolute Gasteiger partial charge is 0.263 e. The molecule has 5 nitrogen and oxygen atoms in total. The van der Waals surface area contributed by atoms with Gasteiger partial charge in [-0.1, -0.05) is 38.1 Å². The second-order valence-electron chi connectivity index (χ2n) is 7.43. The third kappa shape index (κ3) is 7.70. The van der Waals surface area contributed by atoms with E-state index in [1.807, 2.05) is 48.6 Å². The molecular formula is C24H33N3O2. The van der Waals surface area contributed by atoms with Gasteiger partial charge < -0.3 is 15.0 Å². The molecule has 0 spiro atoms. The van der Waals surface area contributed by atoms with Gasteiger partial charge in [-0.2, -0.15) is 0 Å². The first-order valence-electron chi connectivity index (χ1n) is 10.3. The number of carbonyl (C=O) groups excluding carboxylic acids is 1. The van der Waals surface area contributed by atoms with Crippen LogP contribution in [0.25, 0.3) is 12.2 Å². The minimum atomic E-state index is -0.927. The molecule has 1 N–H and O–H groups in total. The van der Waals surface area contributed by atoms with Crippen LogP contribution in [-0.4, -0.2) is 47.6 Å². The van der Waals surface area contributed by atoms with Crippen LogP contribution >= 0.6 is 0 Å². The van der Waals surface area contributed by atoms with E-state index in [-0.39, 0.29) is 5.91 Å². The number of benzene rings is 1. The van der Waals surface area contributed by atoms with Gasteiger partial charge in [0, 0.05) is 18.9 Å². The van der Waals surface area contributed by atoms with E-state index >= 15 is 0 Å². The minimum absolute atomic E-state index is 0.0984. The SMILES string of the molecule is CCN(CC)CCCNC(=O)C(C)(C)Oc1ccc(/C=C/c2ccncc2)cc1. The number of hydrogen-bond donors (Lipinski definition) is 1. The van der Waals surface area contributed by atoms with Crippen molar-refractivity contribution in [2.75, 3.05) is 26.2 Å². The van der Waals surface area contributed by atoms with Gasteiger partial charge in [0.25, 0.3) is 5.91 Å². The van der Waals surface area contributed by atoms with Crippen LogP contribution in [0, 0.1) is 0 Å². The van der Waals surface area contributed by atoms with Crippen LogP contribution < -0.4 is 10.1 Å². The van der Waals surface area contributed by atoms with E-state index in [4.69, 9.17) is 4.74 Å². The van der Waals surface area contributed by atoms with Crippen molar-refractivity contribution < 1.29 is 9.53 Å². The first kappa shape index (κ1) is 22.6. The summed E-state index contributed by atoms with van der Waals surface area (Å²) in [6, 6.07) is 11.6. The topological polar surface area (TPSA) is 54.5 Å². The number of nitrogens with one attached hydrogen (secondary N) is 1. The lowest BCUT2D eigenvalue weighted by molar-refractivity contribution is -0.134. The molecule has 0 fully saturated rings. The molecule has 156 valence electrons. The molecule has 0 radical (unpaired) electrons. The number of nitrogens with zero attached hydrogens (tertiary/aromatic N) is 2. The van der Waals surface area contributed by atoms with Gasteiger partial charge in [-0.15, -0.1) is 0 Å². The number of hydrogen-bond acceptors (Lipinski definition) is 4. The third-order valence-corrected chi connectivity index (χ3v) is 4.81. The van der Waals surface area contributed by atoms with E-state index < -0.39 is 5.60 Å². The van der Waals surface area contributed by atoms with Crippen molar-refractivity contribution in [3.8, 4) is 5.75 Å². The monoisotopic (exact) mass is 395 g/mol. The Kier molecular flexibility index (Phi) is 8.87. The molecule has 29 heavy (non-hydrogen) atoms. The van der Waals surface area contributed by atoms with Gasteiger partial charge in [0.15, 0.2) is 5.60 Å². The van der Waals surface area contributed by atoms with Crippen LogP contribution in [-0.2, 0) is 4.79 Å². The summed E-state index contributed by atoms with van der Waals surface area (Å²) in [5, 5.41) is 2.99. The highest BCUT2D eigenvalue weighted by atomic mass is 16.5. The molecule has 0 saturated heterocycles. The Morgan fingerprint density at radius 3 is 2.21 bits per heavy atom. The number of ether oxygens (including phenoxy) is 1. The van der Waals surface area contributed by atoms with E-state index in [1.165, 1.54) is 0 Å². The van der Waals surface area contributed by atoms with Crippen LogP contribution in [0.15, 0.2) is 48.8 Å². The Morgan fingerprint density at radius 2 is 1.62 bits per heavy atom. The van der Waals surface area contributed by atoms with Gasteiger partial charge in [-0.3, -0.25) is 9.78 Å². The van der Waals surface area contributed by atoms with Gasteiger partial charge in [-0.25, -0.2) is 0 Å². The van der Waals surface area contributed by atoms with Crippen molar-refractivity contribution in [2.45, 2.75) is 39.7 Å². The van der Waals surface area contributed by atoms with E-state index in [9.17, 15) is 4.79 Å². The molecule has 5 heteroatoms. The number of carbonyl (C=O) groups is 1. The highest BCUT2D eigenvalue weighted by Crippen LogP contribution is 2.20. The number of pyridine rings is 1. The molecule has 2 rings (SSSR count). The number of amides is 1.